The van der Waals surface area contributed by atoms with Crippen LogP contribution in [0.25, 0.3) is 0 Å². The summed E-state index contributed by atoms with van der Waals surface area (Å²) >= 11 is 0. The molecule has 0 aromatic heterocycles. The molecule has 0 spiro atoms. The Hall–Kier alpha value is -2.49. The van der Waals surface area contributed by atoms with Gasteiger partial charge < -0.3 is 15.6 Å². The lowest BCUT2D eigenvalue weighted by Crippen LogP contribution is -2.07. The van der Waals surface area contributed by atoms with Crippen LogP contribution in [0.5, 0.6) is 5.75 Å². The number of nitrogen functional groups attached to an aromatic ring is 1. The second kappa shape index (κ2) is 5.23. The van der Waals surface area contributed by atoms with E-state index in [1.165, 1.54) is 0 Å². The molecule has 0 atom stereocenters. The predicted molar refractivity (Wildman–Crippen MR) is 68.1 cm³/mol. The number of para-hydroxylation sites is 1. The van der Waals surface area contributed by atoms with Gasteiger partial charge in [-0.25, -0.2) is 4.79 Å². The number of rotatable bonds is 3. The van der Waals surface area contributed by atoms with Gasteiger partial charge in [0.15, 0.2) is 0 Å². The largest absolute Gasteiger partial charge is 0.508 e. The first kappa shape index (κ1) is 12.0. The van der Waals surface area contributed by atoms with Crippen LogP contribution in [0, 0.1) is 0 Å². The maximum atomic E-state index is 11.8. The minimum Gasteiger partial charge on any atom is -0.508 e. The first-order valence-electron chi connectivity index (χ1n) is 5.46. The monoisotopic (exact) mass is 243 g/mol. The SMILES string of the molecule is Nc1ccccc1C(=O)OCc1ccc(O)cc1. The van der Waals surface area contributed by atoms with Crippen LogP contribution >= 0.6 is 0 Å². The highest BCUT2D eigenvalue weighted by Gasteiger charge is 2.10. The third-order valence-corrected chi connectivity index (χ3v) is 2.49. The molecule has 2 rings (SSSR count). The molecule has 3 N–H and O–H groups in total. The Labute approximate surface area is 105 Å². The van der Waals surface area contributed by atoms with Crippen molar-refractivity contribution in [3.05, 3.63) is 59.7 Å². The minimum atomic E-state index is -0.457. The number of benzene rings is 2. The lowest BCUT2D eigenvalue weighted by molar-refractivity contribution is 0.0474. The van der Waals surface area contributed by atoms with Crippen LogP contribution in [-0.2, 0) is 11.3 Å². The van der Waals surface area contributed by atoms with E-state index in [0.29, 0.717) is 11.3 Å². The molecule has 2 aromatic carbocycles. The molecule has 0 radical (unpaired) electrons. The zero-order valence-corrected chi connectivity index (χ0v) is 9.67. The maximum Gasteiger partial charge on any atom is 0.340 e. The summed E-state index contributed by atoms with van der Waals surface area (Å²) in [7, 11) is 0. The number of hydrogen-bond donors (Lipinski definition) is 2. The normalized spacial score (nSPS) is 10.0. The van der Waals surface area contributed by atoms with Crippen molar-refractivity contribution in [2.75, 3.05) is 5.73 Å². The number of phenolic OH excluding ortho intramolecular Hbond substituents is 1. The van der Waals surface area contributed by atoms with E-state index in [9.17, 15) is 4.79 Å². The molecule has 0 heterocycles. The quantitative estimate of drug-likeness (QED) is 0.641. The molecule has 2 aromatic rings. The van der Waals surface area contributed by atoms with Gasteiger partial charge in [0.25, 0.3) is 0 Å². The number of nitrogens with two attached hydrogens (primary N) is 1. The molecule has 0 saturated heterocycles. The Morgan fingerprint density at radius 3 is 2.44 bits per heavy atom. The molecule has 0 fully saturated rings. The number of carbonyl (C=O) groups excluding carboxylic acids is 1. The predicted octanol–water partition coefficient (Wildman–Crippen LogP) is 2.33. The van der Waals surface area contributed by atoms with Crippen molar-refractivity contribution in [3.8, 4) is 5.75 Å². The molecule has 0 bridgehead atoms. The van der Waals surface area contributed by atoms with Crippen molar-refractivity contribution < 1.29 is 14.6 Å². The summed E-state index contributed by atoms with van der Waals surface area (Å²) in [5.74, 6) is -0.279. The number of aromatic hydroxyl groups is 1. The highest BCUT2D eigenvalue weighted by atomic mass is 16.5. The van der Waals surface area contributed by atoms with Crippen LogP contribution < -0.4 is 5.73 Å². The van der Waals surface area contributed by atoms with Crippen molar-refractivity contribution in [2.24, 2.45) is 0 Å². The van der Waals surface area contributed by atoms with E-state index in [1.54, 1.807) is 48.5 Å². The summed E-state index contributed by atoms with van der Waals surface area (Å²) in [6.45, 7) is 0.146. The molecule has 0 amide bonds. The van der Waals surface area contributed by atoms with Gasteiger partial charge in [-0.1, -0.05) is 24.3 Å². The number of phenols is 1. The average molecular weight is 243 g/mol. The van der Waals surface area contributed by atoms with Gasteiger partial charge in [-0.15, -0.1) is 0 Å². The Morgan fingerprint density at radius 2 is 1.78 bits per heavy atom. The second-order valence-corrected chi connectivity index (χ2v) is 3.83. The topological polar surface area (TPSA) is 72.6 Å². The highest BCUT2D eigenvalue weighted by Crippen LogP contribution is 2.14. The Morgan fingerprint density at radius 1 is 1.11 bits per heavy atom. The summed E-state index contributed by atoms with van der Waals surface area (Å²) in [4.78, 5) is 11.8. The van der Waals surface area contributed by atoms with E-state index in [-0.39, 0.29) is 12.4 Å². The molecule has 4 heteroatoms. The summed E-state index contributed by atoms with van der Waals surface area (Å²) in [6, 6.07) is 13.2. The lowest BCUT2D eigenvalue weighted by Gasteiger charge is -2.06. The van der Waals surface area contributed by atoms with Crippen LogP contribution in [0.2, 0.25) is 0 Å². The van der Waals surface area contributed by atoms with Crippen molar-refractivity contribution in [1.82, 2.24) is 0 Å². The maximum absolute atomic E-state index is 11.8. The standard InChI is InChI=1S/C14H13NO3/c15-13-4-2-1-3-12(13)14(17)18-9-10-5-7-11(16)8-6-10/h1-8,16H,9,15H2. The zero-order valence-electron chi connectivity index (χ0n) is 9.67. The minimum absolute atomic E-state index is 0.146. The Bertz CT molecular complexity index is 549. The van der Waals surface area contributed by atoms with Gasteiger partial charge in [-0.05, 0) is 29.8 Å². The highest BCUT2D eigenvalue weighted by molar-refractivity contribution is 5.94. The fraction of sp³-hybridized carbons (Fsp3) is 0.0714. The molecular formula is C14H13NO3. The summed E-state index contributed by atoms with van der Waals surface area (Å²) < 4.78 is 5.13. The van der Waals surface area contributed by atoms with Crippen molar-refractivity contribution in [2.45, 2.75) is 6.61 Å². The Kier molecular flexibility index (Phi) is 3.48. The van der Waals surface area contributed by atoms with Crippen LogP contribution in [0.4, 0.5) is 5.69 Å². The van der Waals surface area contributed by atoms with E-state index in [0.717, 1.165) is 5.56 Å². The fourth-order valence-electron chi connectivity index (χ4n) is 1.50. The smallest absolute Gasteiger partial charge is 0.340 e. The first-order chi connectivity index (χ1) is 8.66. The number of anilines is 1. The third-order valence-electron chi connectivity index (χ3n) is 2.49. The van der Waals surface area contributed by atoms with E-state index in [2.05, 4.69) is 0 Å². The zero-order chi connectivity index (χ0) is 13.0. The molecule has 92 valence electrons. The van der Waals surface area contributed by atoms with Crippen molar-refractivity contribution >= 4 is 11.7 Å². The van der Waals surface area contributed by atoms with E-state index >= 15 is 0 Å². The van der Waals surface area contributed by atoms with E-state index in [4.69, 9.17) is 15.6 Å². The second-order valence-electron chi connectivity index (χ2n) is 3.83. The van der Waals surface area contributed by atoms with E-state index < -0.39 is 5.97 Å². The fourth-order valence-corrected chi connectivity index (χ4v) is 1.50. The van der Waals surface area contributed by atoms with E-state index in [1.807, 2.05) is 0 Å². The molecule has 4 nitrogen and oxygen atoms in total. The van der Waals surface area contributed by atoms with Crippen molar-refractivity contribution in [3.63, 3.8) is 0 Å². The molecule has 0 aliphatic rings. The molecule has 18 heavy (non-hydrogen) atoms. The number of esters is 1. The summed E-state index contributed by atoms with van der Waals surface area (Å²) in [5, 5.41) is 9.12. The van der Waals surface area contributed by atoms with Gasteiger partial charge >= 0.3 is 5.97 Å². The molecule has 0 aliphatic carbocycles. The molecular weight excluding hydrogens is 230 g/mol. The van der Waals surface area contributed by atoms with Gasteiger partial charge in [0.05, 0.1) is 5.56 Å². The summed E-state index contributed by atoms with van der Waals surface area (Å²) in [5.41, 5.74) is 7.23. The van der Waals surface area contributed by atoms with Gasteiger partial charge in [-0.3, -0.25) is 0 Å². The van der Waals surface area contributed by atoms with Crippen LogP contribution in [-0.4, -0.2) is 11.1 Å². The van der Waals surface area contributed by atoms with Gasteiger partial charge in [-0.2, -0.15) is 0 Å². The third kappa shape index (κ3) is 2.79. The Balaban J connectivity index is 2.01. The number of hydrogen-bond acceptors (Lipinski definition) is 4. The average Bonchev–Trinajstić information content (AvgIpc) is 2.38. The number of ether oxygens (including phenoxy) is 1. The molecule has 0 aliphatic heterocycles. The van der Waals surface area contributed by atoms with Crippen molar-refractivity contribution in [1.29, 1.82) is 0 Å². The molecule has 0 saturated carbocycles. The number of carbonyl (C=O) groups is 1. The van der Waals surface area contributed by atoms with Gasteiger partial charge in [0.1, 0.15) is 12.4 Å². The summed E-state index contributed by atoms with van der Waals surface area (Å²) in [6.07, 6.45) is 0. The van der Waals surface area contributed by atoms with Gasteiger partial charge in [0, 0.05) is 5.69 Å². The van der Waals surface area contributed by atoms with Gasteiger partial charge in [0.2, 0.25) is 0 Å². The lowest BCUT2D eigenvalue weighted by atomic mass is 10.2. The first-order valence-corrected chi connectivity index (χ1v) is 5.46. The van der Waals surface area contributed by atoms with Crippen LogP contribution in [0.1, 0.15) is 15.9 Å². The molecule has 0 unspecified atom stereocenters. The van der Waals surface area contributed by atoms with Crippen LogP contribution in [0.3, 0.4) is 0 Å². The van der Waals surface area contributed by atoms with Crippen LogP contribution in [0.15, 0.2) is 48.5 Å².